The molecule has 3 heteroatoms. The van der Waals surface area contributed by atoms with Gasteiger partial charge in [-0.25, -0.2) is 0 Å². The number of hydrogen-bond donors (Lipinski definition) is 2. The molecule has 1 aliphatic carbocycles. The fourth-order valence-corrected chi connectivity index (χ4v) is 3.00. The Hall–Kier alpha value is 0.270. The Morgan fingerprint density at radius 1 is 1.33 bits per heavy atom. The van der Waals surface area contributed by atoms with Crippen molar-refractivity contribution in [1.29, 1.82) is 0 Å². The third-order valence-corrected chi connectivity index (χ3v) is 4.10. The minimum atomic E-state index is -0.413. The zero-order chi connectivity index (χ0) is 11.1. The van der Waals surface area contributed by atoms with Gasteiger partial charge in [0.05, 0.1) is 5.60 Å². The molecule has 1 fully saturated rings. The Morgan fingerprint density at radius 2 is 2.00 bits per heavy atom. The first-order valence-electron chi connectivity index (χ1n) is 6.15. The average molecular weight is 231 g/mol. The van der Waals surface area contributed by atoms with Crippen LogP contribution in [0.5, 0.6) is 0 Å². The first kappa shape index (κ1) is 13.3. The van der Waals surface area contributed by atoms with Crippen LogP contribution in [0, 0.1) is 0 Å². The van der Waals surface area contributed by atoms with E-state index in [2.05, 4.69) is 18.5 Å². The van der Waals surface area contributed by atoms with Crippen LogP contribution in [0.2, 0.25) is 0 Å². The normalized spacial score (nSPS) is 22.6. The minimum absolute atomic E-state index is 0.413. The van der Waals surface area contributed by atoms with Crippen LogP contribution in [0.1, 0.15) is 45.4 Å². The first-order chi connectivity index (χ1) is 7.20. The lowest BCUT2D eigenvalue weighted by Crippen LogP contribution is -2.46. The summed E-state index contributed by atoms with van der Waals surface area (Å²) >= 11 is 1.88. The zero-order valence-electron chi connectivity index (χ0n) is 10.1. The number of thioether (sulfide) groups is 1. The van der Waals surface area contributed by atoms with Crippen molar-refractivity contribution in [1.82, 2.24) is 5.32 Å². The molecule has 0 heterocycles. The number of nitrogens with one attached hydrogen (secondary N) is 1. The molecule has 0 aliphatic heterocycles. The standard InChI is InChI=1S/C12H25NOS/c1-3-11(9-15-2)13-10-12(14)7-5-4-6-8-12/h11,13-14H,3-10H2,1-2H3. The van der Waals surface area contributed by atoms with Gasteiger partial charge in [-0.15, -0.1) is 0 Å². The maximum absolute atomic E-state index is 10.3. The van der Waals surface area contributed by atoms with Gasteiger partial charge in [0.1, 0.15) is 0 Å². The molecule has 0 radical (unpaired) electrons. The Kier molecular flexibility index (Phi) is 6.02. The van der Waals surface area contributed by atoms with Crippen molar-refractivity contribution < 1.29 is 5.11 Å². The number of aliphatic hydroxyl groups is 1. The van der Waals surface area contributed by atoms with Crippen LogP contribution in [0.25, 0.3) is 0 Å². The van der Waals surface area contributed by atoms with E-state index in [1.165, 1.54) is 19.3 Å². The number of rotatable bonds is 6. The van der Waals surface area contributed by atoms with Gasteiger partial charge < -0.3 is 10.4 Å². The van der Waals surface area contributed by atoms with Crippen LogP contribution >= 0.6 is 11.8 Å². The van der Waals surface area contributed by atoms with E-state index in [9.17, 15) is 5.11 Å². The van der Waals surface area contributed by atoms with E-state index in [0.717, 1.165) is 31.6 Å². The Labute approximate surface area is 98.2 Å². The minimum Gasteiger partial charge on any atom is -0.389 e. The highest BCUT2D eigenvalue weighted by molar-refractivity contribution is 7.98. The van der Waals surface area contributed by atoms with E-state index < -0.39 is 5.60 Å². The van der Waals surface area contributed by atoms with Crippen molar-refractivity contribution in [2.45, 2.75) is 57.1 Å². The summed E-state index contributed by atoms with van der Waals surface area (Å²) in [4.78, 5) is 0. The topological polar surface area (TPSA) is 32.3 Å². The lowest BCUT2D eigenvalue weighted by molar-refractivity contribution is 0.00310. The lowest BCUT2D eigenvalue weighted by atomic mass is 9.85. The highest BCUT2D eigenvalue weighted by Crippen LogP contribution is 2.27. The van der Waals surface area contributed by atoms with E-state index in [4.69, 9.17) is 0 Å². The molecule has 0 aromatic rings. The largest absolute Gasteiger partial charge is 0.389 e. The summed E-state index contributed by atoms with van der Waals surface area (Å²) in [6, 6.07) is 0.561. The van der Waals surface area contributed by atoms with Gasteiger partial charge in [0, 0.05) is 18.3 Å². The molecular formula is C12H25NOS. The van der Waals surface area contributed by atoms with Gasteiger partial charge in [0.2, 0.25) is 0 Å². The van der Waals surface area contributed by atoms with E-state index in [0.29, 0.717) is 6.04 Å². The van der Waals surface area contributed by atoms with Crippen LogP contribution in [0.3, 0.4) is 0 Å². The molecule has 0 saturated heterocycles. The lowest BCUT2D eigenvalue weighted by Gasteiger charge is -2.33. The summed E-state index contributed by atoms with van der Waals surface area (Å²) in [5, 5.41) is 13.8. The molecule has 0 aromatic heterocycles. The van der Waals surface area contributed by atoms with Gasteiger partial charge in [-0.2, -0.15) is 11.8 Å². The van der Waals surface area contributed by atoms with Crippen molar-refractivity contribution in [3.05, 3.63) is 0 Å². The third kappa shape index (κ3) is 4.75. The van der Waals surface area contributed by atoms with E-state index in [1.807, 2.05) is 11.8 Å². The first-order valence-corrected chi connectivity index (χ1v) is 7.54. The molecule has 1 saturated carbocycles. The van der Waals surface area contributed by atoms with E-state index in [1.54, 1.807) is 0 Å². The quantitative estimate of drug-likeness (QED) is 0.736. The van der Waals surface area contributed by atoms with Gasteiger partial charge >= 0.3 is 0 Å². The van der Waals surface area contributed by atoms with Gasteiger partial charge in [-0.1, -0.05) is 26.2 Å². The van der Waals surface area contributed by atoms with E-state index in [-0.39, 0.29) is 0 Å². The molecule has 15 heavy (non-hydrogen) atoms. The Morgan fingerprint density at radius 3 is 2.53 bits per heavy atom. The summed E-state index contributed by atoms with van der Waals surface area (Å²) in [5.74, 6) is 1.15. The fourth-order valence-electron chi connectivity index (χ4n) is 2.24. The van der Waals surface area contributed by atoms with Gasteiger partial charge in [0.15, 0.2) is 0 Å². The molecule has 1 rings (SSSR count). The second-order valence-electron chi connectivity index (χ2n) is 4.73. The van der Waals surface area contributed by atoms with E-state index >= 15 is 0 Å². The monoisotopic (exact) mass is 231 g/mol. The summed E-state index contributed by atoms with van der Waals surface area (Å²) in [5.41, 5.74) is -0.413. The van der Waals surface area contributed by atoms with Crippen molar-refractivity contribution in [3.63, 3.8) is 0 Å². The highest BCUT2D eigenvalue weighted by Gasteiger charge is 2.29. The zero-order valence-corrected chi connectivity index (χ0v) is 10.9. The summed E-state index contributed by atoms with van der Waals surface area (Å²) in [6.45, 7) is 2.99. The smallest absolute Gasteiger partial charge is 0.0771 e. The van der Waals surface area contributed by atoms with Crippen molar-refractivity contribution in [2.24, 2.45) is 0 Å². The molecule has 2 nitrogen and oxygen atoms in total. The molecule has 0 amide bonds. The molecular weight excluding hydrogens is 206 g/mol. The van der Waals surface area contributed by atoms with Crippen molar-refractivity contribution >= 4 is 11.8 Å². The fraction of sp³-hybridized carbons (Fsp3) is 1.00. The van der Waals surface area contributed by atoms with Crippen LogP contribution in [-0.2, 0) is 0 Å². The molecule has 2 N–H and O–H groups in total. The van der Waals surface area contributed by atoms with Crippen molar-refractivity contribution in [3.8, 4) is 0 Å². The second-order valence-corrected chi connectivity index (χ2v) is 5.64. The maximum atomic E-state index is 10.3. The predicted octanol–water partition coefficient (Wildman–Crippen LogP) is 2.41. The predicted molar refractivity (Wildman–Crippen MR) is 68.5 cm³/mol. The Balaban J connectivity index is 2.26. The summed E-state index contributed by atoms with van der Waals surface area (Å²) in [7, 11) is 0. The second kappa shape index (κ2) is 6.77. The van der Waals surface area contributed by atoms with Crippen LogP contribution in [-0.4, -0.2) is 35.3 Å². The molecule has 1 aliphatic rings. The third-order valence-electron chi connectivity index (χ3n) is 3.36. The molecule has 1 unspecified atom stereocenters. The summed E-state index contributed by atoms with van der Waals surface area (Å²) < 4.78 is 0. The highest BCUT2D eigenvalue weighted by atomic mass is 32.2. The average Bonchev–Trinajstić information content (AvgIpc) is 2.25. The van der Waals surface area contributed by atoms with Crippen LogP contribution in [0.15, 0.2) is 0 Å². The molecule has 0 spiro atoms. The van der Waals surface area contributed by atoms with Gasteiger partial charge in [-0.3, -0.25) is 0 Å². The summed E-state index contributed by atoms with van der Waals surface area (Å²) in [6.07, 6.45) is 8.93. The SMILES string of the molecule is CCC(CSC)NCC1(O)CCCCC1. The van der Waals surface area contributed by atoms with Crippen LogP contribution < -0.4 is 5.32 Å². The number of hydrogen-bond acceptors (Lipinski definition) is 3. The molecule has 0 bridgehead atoms. The maximum Gasteiger partial charge on any atom is 0.0771 e. The Bertz CT molecular complexity index is 169. The van der Waals surface area contributed by atoms with Crippen LogP contribution in [0.4, 0.5) is 0 Å². The molecule has 90 valence electrons. The molecule has 0 aromatic carbocycles. The van der Waals surface area contributed by atoms with Gasteiger partial charge in [-0.05, 0) is 25.5 Å². The molecule has 1 atom stereocenters. The van der Waals surface area contributed by atoms with Crippen molar-refractivity contribution in [2.75, 3.05) is 18.6 Å². The van der Waals surface area contributed by atoms with Gasteiger partial charge in [0.25, 0.3) is 0 Å².